The minimum absolute atomic E-state index is 0.0390. The second-order valence-corrected chi connectivity index (χ2v) is 7.06. The molecule has 1 aromatic carbocycles. The Morgan fingerprint density at radius 3 is 2.81 bits per heavy atom. The summed E-state index contributed by atoms with van der Waals surface area (Å²) in [4.78, 5) is 2.58. The van der Waals surface area contributed by atoms with Crippen LogP contribution in [-0.2, 0) is 13.0 Å². The van der Waals surface area contributed by atoms with Crippen molar-refractivity contribution in [2.24, 2.45) is 0 Å². The number of piperidine rings is 1. The lowest BCUT2D eigenvalue weighted by molar-refractivity contribution is 0.138. The lowest BCUT2D eigenvalue weighted by Gasteiger charge is -2.26. The summed E-state index contributed by atoms with van der Waals surface area (Å²) in [6.45, 7) is 10.1. The minimum Gasteiger partial charge on any atom is -0.487 e. The van der Waals surface area contributed by atoms with Crippen molar-refractivity contribution >= 4 is 0 Å². The summed E-state index contributed by atoms with van der Waals surface area (Å²) in [5.41, 5.74) is 2.69. The molecule has 0 saturated carbocycles. The number of ether oxygens (including phenoxy) is 1. The molecule has 2 aliphatic heterocycles. The van der Waals surface area contributed by atoms with Gasteiger partial charge in [0.2, 0.25) is 0 Å². The van der Waals surface area contributed by atoms with E-state index in [1.807, 2.05) is 0 Å². The van der Waals surface area contributed by atoms with Crippen molar-refractivity contribution in [3.8, 4) is 5.75 Å². The average Bonchev–Trinajstić information content (AvgIpc) is 2.78. The highest BCUT2D eigenvalue weighted by Gasteiger charge is 2.29. The lowest BCUT2D eigenvalue weighted by Crippen LogP contribution is -2.35. The number of benzene rings is 1. The Balaban J connectivity index is 1.44. The van der Waals surface area contributed by atoms with Gasteiger partial charge in [0.05, 0.1) is 0 Å². The molecule has 3 heteroatoms. The Hall–Kier alpha value is -1.06. The molecule has 2 heterocycles. The average molecular weight is 288 g/mol. The van der Waals surface area contributed by atoms with Crippen molar-refractivity contribution in [1.82, 2.24) is 10.2 Å². The molecule has 0 unspecified atom stereocenters. The molecule has 0 aliphatic carbocycles. The molecule has 1 N–H and O–H groups in total. The summed E-state index contributed by atoms with van der Waals surface area (Å²) in [7, 11) is 0. The molecule has 1 saturated heterocycles. The van der Waals surface area contributed by atoms with Gasteiger partial charge in [-0.2, -0.15) is 0 Å². The number of nitrogens with zero attached hydrogens (tertiary/aromatic N) is 1. The van der Waals surface area contributed by atoms with Gasteiger partial charge in [0, 0.05) is 26.1 Å². The van der Waals surface area contributed by atoms with E-state index in [-0.39, 0.29) is 5.60 Å². The highest BCUT2D eigenvalue weighted by molar-refractivity contribution is 5.41. The first kappa shape index (κ1) is 14.9. The van der Waals surface area contributed by atoms with Gasteiger partial charge in [-0.3, -0.25) is 0 Å². The van der Waals surface area contributed by atoms with Gasteiger partial charge in [-0.15, -0.1) is 0 Å². The zero-order chi connectivity index (χ0) is 14.7. The van der Waals surface area contributed by atoms with Gasteiger partial charge >= 0.3 is 0 Å². The number of nitrogens with one attached hydrogen (secondary N) is 1. The predicted octanol–water partition coefficient (Wildman–Crippen LogP) is 2.98. The summed E-state index contributed by atoms with van der Waals surface area (Å²) in [6, 6.07) is 6.62. The third-order valence-corrected chi connectivity index (χ3v) is 4.51. The van der Waals surface area contributed by atoms with Crippen LogP contribution in [0.15, 0.2) is 18.2 Å². The first-order chi connectivity index (χ1) is 10.1. The first-order valence-corrected chi connectivity index (χ1v) is 8.36. The molecular formula is C18H28N2O. The fraction of sp³-hybridized carbons (Fsp3) is 0.667. The van der Waals surface area contributed by atoms with Crippen LogP contribution in [0.25, 0.3) is 0 Å². The zero-order valence-corrected chi connectivity index (χ0v) is 13.5. The maximum absolute atomic E-state index is 5.93. The molecule has 0 amide bonds. The van der Waals surface area contributed by atoms with E-state index in [4.69, 9.17) is 4.74 Å². The minimum atomic E-state index is -0.0390. The number of hydrogen-bond donors (Lipinski definition) is 1. The van der Waals surface area contributed by atoms with Crippen LogP contribution in [0.2, 0.25) is 0 Å². The van der Waals surface area contributed by atoms with Crippen molar-refractivity contribution in [2.75, 3.05) is 26.2 Å². The van der Waals surface area contributed by atoms with Gasteiger partial charge in [0.1, 0.15) is 11.4 Å². The van der Waals surface area contributed by atoms with Crippen LogP contribution in [-0.4, -0.2) is 36.7 Å². The van der Waals surface area contributed by atoms with Crippen LogP contribution >= 0.6 is 0 Å². The molecule has 0 spiro atoms. The largest absolute Gasteiger partial charge is 0.487 e. The van der Waals surface area contributed by atoms with Gasteiger partial charge in [0.25, 0.3) is 0 Å². The molecule has 3 rings (SSSR count). The van der Waals surface area contributed by atoms with Crippen LogP contribution in [0.1, 0.15) is 44.2 Å². The molecule has 21 heavy (non-hydrogen) atoms. The quantitative estimate of drug-likeness (QED) is 0.843. The standard InChI is InChI=1S/C18H28N2O/c1-18(2)13-16-12-15(6-7-17(16)21-18)14-19-8-11-20-9-4-3-5-10-20/h6-7,12,19H,3-5,8-11,13-14H2,1-2H3. The maximum atomic E-state index is 5.93. The predicted molar refractivity (Wildman–Crippen MR) is 86.9 cm³/mol. The van der Waals surface area contributed by atoms with Gasteiger partial charge in [-0.1, -0.05) is 18.6 Å². The summed E-state index contributed by atoms with van der Waals surface area (Å²) < 4.78 is 5.93. The normalized spacial score (nSPS) is 21.0. The number of likely N-dealkylation sites (tertiary alicyclic amines) is 1. The SMILES string of the molecule is CC1(C)Cc2cc(CNCCN3CCCCC3)ccc2O1. The Bertz CT molecular complexity index is 478. The molecule has 0 radical (unpaired) electrons. The smallest absolute Gasteiger partial charge is 0.123 e. The van der Waals surface area contributed by atoms with Crippen LogP contribution < -0.4 is 10.1 Å². The summed E-state index contributed by atoms with van der Waals surface area (Å²) in [5, 5.41) is 3.58. The highest BCUT2D eigenvalue weighted by atomic mass is 16.5. The maximum Gasteiger partial charge on any atom is 0.123 e. The van der Waals surface area contributed by atoms with Crippen molar-refractivity contribution in [3.05, 3.63) is 29.3 Å². The van der Waals surface area contributed by atoms with E-state index >= 15 is 0 Å². The van der Waals surface area contributed by atoms with Gasteiger partial charge in [-0.25, -0.2) is 0 Å². The molecular weight excluding hydrogens is 260 g/mol. The second kappa shape index (κ2) is 6.37. The monoisotopic (exact) mass is 288 g/mol. The summed E-state index contributed by atoms with van der Waals surface area (Å²) in [6.07, 6.45) is 5.18. The Labute approximate surface area is 128 Å². The molecule has 0 atom stereocenters. The van der Waals surface area contributed by atoms with Crippen LogP contribution in [0.5, 0.6) is 5.75 Å². The Morgan fingerprint density at radius 2 is 2.00 bits per heavy atom. The Morgan fingerprint density at radius 1 is 1.19 bits per heavy atom. The molecule has 3 nitrogen and oxygen atoms in total. The van der Waals surface area contributed by atoms with Crippen molar-refractivity contribution in [2.45, 2.75) is 51.7 Å². The number of rotatable bonds is 5. The van der Waals surface area contributed by atoms with Crippen molar-refractivity contribution in [1.29, 1.82) is 0 Å². The molecule has 2 aliphatic rings. The van der Waals surface area contributed by atoms with Crippen LogP contribution in [0, 0.1) is 0 Å². The van der Waals surface area contributed by atoms with Gasteiger partial charge in [0.15, 0.2) is 0 Å². The van der Waals surface area contributed by atoms with E-state index in [2.05, 4.69) is 42.3 Å². The first-order valence-electron chi connectivity index (χ1n) is 8.36. The topological polar surface area (TPSA) is 24.5 Å². The molecule has 116 valence electrons. The van der Waals surface area contributed by atoms with E-state index in [9.17, 15) is 0 Å². The van der Waals surface area contributed by atoms with Crippen molar-refractivity contribution < 1.29 is 4.74 Å². The van der Waals surface area contributed by atoms with Gasteiger partial charge < -0.3 is 15.0 Å². The third-order valence-electron chi connectivity index (χ3n) is 4.51. The molecule has 1 aromatic rings. The van der Waals surface area contributed by atoms with E-state index < -0.39 is 0 Å². The molecule has 1 fully saturated rings. The van der Waals surface area contributed by atoms with Crippen molar-refractivity contribution in [3.63, 3.8) is 0 Å². The van der Waals surface area contributed by atoms with E-state index in [1.165, 1.54) is 50.0 Å². The zero-order valence-electron chi connectivity index (χ0n) is 13.5. The summed E-state index contributed by atoms with van der Waals surface area (Å²) in [5.74, 6) is 1.07. The van der Waals surface area contributed by atoms with E-state index in [1.54, 1.807) is 0 Å². The van der Waals surface area contributed by atoms with E-state index in [0.29, 0.717) is 0 Å². The van der Waals surface area contributed by atoms with Gasteiger partial charge in [-0.05, 0) is 57.0 Å². The highest BCUT2D eigenvalue weighted by Crippen LogP contribution is 2.35. The Kier molecular flexibility index (Phi) is 4.51. The molecule has 0 aromatic heterocycles. The van der Waals surface area contributed by atoms with Crippen LogP contribution in [0.4, 0.5) is 0 Å². The number of hydrogen-bond acceptors (Lipinski definition) is 3. The second-order valence-electron chi connectivity index (χ2n) is 7.06. The van der Waals surface area contributed by atoms with E-state index in [0.717, 1.165) is 25.3 Å². The summed E-state index contributed by atoms with van der Waals surface area (Å²) >= 11 is 0. The molecule has 0 bridgehead atoms. The fourth-order valence-corrected chi connectivity index (χ4v) is 3.43. The van der Waals surface area contributed by atoms with Crippen LogP contribution in [0.3, 0.4) is 0 Å². The lowest BCUT2D eigenvalue weighted by atomic mass is 10.0. The number of fused-ring (bicyclic) bond motifs is 1. The fourth-order valence-electron chi connectivity index (χ4n) is 3.43. The third kappa shape index (κ3) is 3.98.